The smallest absolute Gasteiger partial charge is 0.168 e. The number of carbonyl (C=O) groups is 1. The van der Waals surface area contributed by atoms with Crippen LogP contribution in [0.1, 0.15) is 22.7 Å². The molecule has 0 aliphatic rings. The van der Waals surface area contributed by atoms with E-state index >= 15 is 0 Å². The molecule has 0 fully saturated rings. The molecule has 2 aromatic heterocycles. The van der Waals surface area contributed by atoms with Crippen LogP contribution in [0.4, 0.5) is 0 Å². The van der Waals surface area contributed by atoms with Crippen molar-refractivity contribution in [1.82, 2.24) is 14.6 Å². The number of rotatable bonds is 4. The van der Waals surface area contributed by atoms with Crippen LogP contribution < -0.4 is 0 Å². The minimum Gasteiger partial charge on any atom is -0.396 e. The normalized spacial score (nSPS) is 10.7. The van der Waals surface area contributed by atoms with Crippen molar-refractivity contribution in [1.29, 1.82) is 0 Å². The highest BCUT2D eigenvalue weighted by Gasteiger charge is 2.05. The van der Waals surface area contributed by atoms with Gasteiger partial charge in [-0.3, -0.25) is 4.79 Å². The van der Waals surface area contributed by atoms with E-state index in [4.69, 9.17) is 5.11 Å². The minimum absolute atomic E-state index is 0.121. The molecule has 5 nitrogen and oxygen atoms in total. The summed E-state index contributed by atoms with van der Waals surface area (Å²) in [6.45, 7) is 0.121. The van der Waals surface area contributed by atoms with Gasteiger partial charge in [-0.15, -0.1) is 0 Å². The second-order valence-electron chi connectivity index (χ2n) is 3.19. The van der Waals surface area contributed by atoms with Gasteiger partial charge in [-0.25, -0.2) is 9.50 Å². The second-order valence-corrected chi connectivity index (χ2v) is 3.19. The third-order valence-electron chi connectivity index (χ3n) is 2.11. The number of hydrogen-bond donors (Lipinski definition) is 1. The van der Waals surface area contributed by atoms with Gasteiger partial charge in [0.2, 0.25) is 0 Å². The molecule has 78 valence electrons. The fraction of sp³-hybridized carbons (Fsp3) is 0.300. The summed E-state index contributed by atoms with van der Waals surface area (Å²) < 4.78 is 1.51. The van der Waals surface area contributed by atoms with Crippen molar-refractivity contribution in [3.63, 3.8) is 0 Å². The average molecular weight is 205 g/mol. The van der Waals surface area contributed by atoms with Gasteiger partial charge in [-0.05, 0) is 18.6 Å². The number of fused-ring (bicyclic) bond motifs is 1. The Kier molecular flexibility index (Phi) is 2.73. The van der Waals surface area contributed by atoms with Gasteiger partial charge in [0.05, 0.1) is 0 Å². The van der Waals surface area contributed by atoms with E-state index in [9.17, 15) is 4.79 Å². The lowest BCUT2D eigenvalue weighted by molar-refractivity contribution is 0.111. The van der Waals surface area contributed by atoms with E-state index in [1.165, 1.54) is 4.52 Å². The fourth-order valence-electron chi connectivity index (χ4n) is 1.40. The van der Waals surface area contributed by atoms with E-state index in [1.807, 2.05) is 0 Å². The number of carbonyl (C=O) groups excluding carboxylic acids is 1. The van der Waals surface area contributed by atoms with E-state index in [2.05, 4.69) is 10.1 Å². The number of aliphatic hydroxyl groups excluding tert-OH is 1. The molecule has 0 aliphatic heterocycles. The Morgan fingerprint density at radius 2 is 2.33 bits per heavy atom. The number of nitrogens with zero attached hydrogens (tertiary/aromatic N) is 3. The van der Waals surface area contributed by atoms with Crippen LogP contribution in [0.5, 0.6) is 0 Å². The molecule has 0 saturated heterocycles. The van der Waals surface area contributed by atoms with Gasteiger partial charge in [-0.2, -0.15) is 5.10 Å². The zero-order valence-corrected chi connectivity index (χ0v) is 8.13. The molecule has 0 spiro atoms. The number of hydrogen-bond acceptors (Lipinski definition) is 4. The van der Waals surface area contributed by atoms with Crippen LogP contribution in [-0.4, -0.2) is 32.6 Å². The van der Waals surface area contributed by atoms with Crippen LogP contribution in [-0.2, 0) is 6.42 Å². The third-order valence-corrected chi connectivity index (χ3v) is 2.11. The highest BCUT2D eigenvalue weighted by atomic mass is 16.2. The van der Waals surface area contributed by atoms with Crippen molar-refractivity contribution in [2.75, 3.05) is 6.61 Å². The Balaban J connectivity index is 2.41. The Hall–Kier alpha value is -1.75. The van der Waals surface area contributed by atoms with Crippen LogP contribution >= 0.6 is 0 Å². The van der Waals surface area contributed by atoms with Crippen molar-refractivity contribution < 1.29 is 9.90 Å². The molecule has 0 atom stereocenters. The maximum Gasteiger partial charge on any atom is 0.168 e. The van der Waals surface area contributed by atoms with Crippen molar-refractivity contribution in [3.8, 4) is 0 Å². The largest absolute Gasteiger partial charge is 0.396 e. The second kappa shape index (κ2) is 4.18. The number of aldehydes is 1. The maximum atomic E-state index is 10.7. The van der Waals surface area contributed by atoms with Gasteiger partial charge in [0, 0.05) is 13.0 Å². The number of aryl methyl sites for hydroxylation is 1. The van der Waals surface area contributed by atoms with E-state index in [0.717, 1.165) is 6.29 Å². The number of pyridine rings is 1. The van der Waals surface area contributed by atoms with Crippen molar-refractivity contribution in [2.24, 2.45) is 0 Å². The zero-order valence-electron chi connectivity index (χ0n) is 8.13. The molecule has 0 amide bonds. The third kappa shape index (κ3) is 1.87. The summed E-state index contributed by atoms with van der Waals surface area (Å²) in [4.78, 5) is 15.0. The molecule has 2 rings (SSSR count). The Morgan fingerprint density at radius 3 is 3.07 bits per heavy atom. The van der Waals surface area contributed by atoms with Crippen LogP contribution in [0.25, 0.3) is 5.65 Å². The first-order chi connectivity index (χ1) is 7.35. The molecule has 2 aromatic rings. The van der Waals surface area contributed by atoms with Crippen molar-refractivity contribution in [3.05, 3.63) is 29.7 Å². The van der Waals surface area contributed by atoms with Gasteiger partial charge in [0.1, 0.15) is 5.69 Å². The Labute approximate surface area is 86.4 Å². The van der Waals surface area contributed by atoms with E-state index in [0.29, 0.717) is 30.0 Å². The lowest BCUT2D eigenvalue weighted by atomic mass is 10.3. The standard InChI is InChI=1S/C10H11N3O2/c14-6-2-4-9-11-10-5-1-3-8(7-15)13(10)12-9/h1,3,5,7,14H,2,4,6H2. The highest BCUT2D eigenvalue weighted by Crippen LogP contribution is 2.05. The lowest BCUT2D eigenvalue weighted by Gasteiger charge is -1.93. The molecule has 5 heteroatoms. The molecule has 15 heavy (non-hydrogen) atoms. The van der Waals surface area contributed by atoms with Crippen molar-refractivity contribution in [2.45, 2.75) is 12.8 Å². The molecule has 0 saturated carbocycles. The molecule has 0 bridgehead atoms. The van der Waals surface area contributed by atoms with Gasteiger partial charge in [0.15, 0.2) is 17.8 Å². The highest BCUT2D eigenvalue weighted by molar-refractivity contribution is 5.73. The van der Waals surface area contributed by atoms with E-state index < -0.39 is 0 Å². The molecule has 2 heterocycles. The van der Waals surface area contributed by atoms with Gasteiger partial charge in [-0.1, -0.05) is 6.07 Å². The first-order valence-corrected chi connectivity index (χ1v) is 4.76. The first kappa shape index (κ1) is 9.79. The molecular formula is C10H11N3O2. The Morgan fingerprint density at radius 1 is 1.47 bits per heavy atom. The lowest BCUT2D eigenvalue weighted by Crippen LogP contribution is -1.97. The summed E-state index contributed by atoms with van der Waals surface area (Å²) in [7, 11) is 0. The SMILES string of the molecule is O=Cc1cccc2nc(CCCO)nn12. The summed E-state index contributed by atoms with van der Waals surface area (Å²) in [6, 6.07) is 5.25. The summed E-state index contributed by atoms with van der Waals surface area (Å²) in [5.74, 6) is 0.651. The van der Waals surface area contributed by atoms with Crippen LogP contribution in [0, 0.1) is 0 Å². The molecule has 0 aromatic carbocycles. The molecule has 0 unspecified atom stereocenters. The first-order valence-electron chi connectivity index (χ1n) is 4.76. The minimum atomic E-state index is 0.121. The fourth-order valence-corrected chi connectivity index (χ4v) is 1.40. The predicted molar refractivity (Wildman–Crippen MR) is 53.8 cm³/mol. The van der Waals surface area contributed by atoms with E-state index in [-0.39, 0.29) is 6.61 Å². The average Bonchev–Trinajstić information content (AvgIpc) is 2.68. The molecule has 1 N–H and O–H groups in total. The van der Waals surface area contributed by atoms with E-state index in [1.54, 1.807) is 18.2 Å². The quantitative estimate of drug-likeness (QED) is 0.736. The predicted octanol–water partition coefficient (Wildman–Crippen LogP) is 0.467. The van der Waals surface area contributed by atoms with Crippen molar-refractivity contribution >= 4 is 11.9 Å². The monoisotopic (exact) mass is 205 g/mol. The zero-order chi connectivity index (χ0) is 10.7. The van der Waals surface area contributed by atoms with Gasteiger partial charge in [0.25, 0.3) is 0 Å². The number of aromatic nitrogens is 3. The van der Waals surface area contributed by atoms with Crippen LogP contribution in [0.15, 0.2) is 18.2 Å². The Bertz CT molecular complexity index is 478. The van der Waals surface area contributed by atoms with Crippen LogP contribution in [0.3, 0.4) is 0 Å². The summed E-state index contributed by atoms with van der Waals surface area (Å²) in [5, 5.41) is 12.9. The molecular weight excluding hydrogens is 194 g/mol. The summed E-state index contributed by atoms with van der Waals surface area (Å²) in [5.41, 5.74) is 1.14. The van der Waals surface area contributed by atoms with Gasteiger partial charge < -0.3 is 5.11 Å². The summed E-state index contributed by atoms with van der Waals surface area (Å²) >= 11 is 0. The van der Waals surface area contributed by atoms with Gasteiger partial charge >= 0.3 is 0 Å². The topological polar surface area (TPSA) is 67.5 Å². The molecule has 0 radical (unpaired) electrons. The summed E-state index contributed by atoms with van der Waals surface area (Å²) in [6.07, 6.45) is 2.00. The molecule has 0 aliphatic carbocycles. The van der Waals surface area contributed by atoms with Crippen LogP contribution in [0.2, 0.25) is 0 Å². The maximum absolute atomic E-state index is 10.7. The number of aliphatic hydroxyl groups is 1.